The molecule has 6 rings (SSSR count). The molecule has 12 heteroatoms. The highest BCUT2D eigenvalue weighted by Crippen LogP contribution is 2.29. The summed E-state index contributed by atoms with van der Waals surface area (Å²) in [6.45, 7) is 7.02. The monoisotopic (exact) mass is 691 g/mol. The number of benzene rings is 3. The van der Waals surface area contributed by atoms with Gasteiger partial charge in [-0.2, -0.15) is 5.21 Å². The van der Waals surface area contributed by atoms with Crippen LogP contribution in [0.1, 0.15) is 68.3 Å². The van der Waals surface area contributed by atoms with E-state index in [0.29, 0.717) is 42.0 Å². The third-order valence-electron chi connectivity index (χ3n) is 10.4. The summed E-state index contributed by atoms with van der Waals surface area (Å²) in [5, 5.41) is 23.3. The first-order valence-electron chi connectivity index (χ1n) is 18.1. The van der Waals surface area contributed by atoms with Gasteiger partial charge < -0.3 is 26.6 Å². The maximum atomic E-state index is 13.8. The number of rotatable bonds is 12. The number of amides is 3. The second kappa shape index (κ2) is 16.8. The average molecular weight is 692 g/mol. The van der Waals surface area contributed by atoms with E-state index in [9.17, 15) is 14.4 Å². The zero-order chi connectivity index (χ0) is 35.7. The maximum Gasteiger partial charge on any atom is 0.251 e. The number of nitrogens with two attached hydrogens (primary N) is 1. The lowest BCUT2D eigenvalue weighted by atomic mass is 9.81. The Bertz CT molecular complexity index is 1760. The predicted octanol–water partition coefficient (Wildman–Crippen LogP) is 4.57. The van der Waals surface area contributed by atoms with Crippen LogP contribution < -0.4 is 21.7 Å². The zero-order valence-electron chi connectivity index (χ0n) is 29.5. The molecular weight excluding hydrogens is 642 g/mol. The molecule has 0 bridgehead atoms. The second-order valence-electron chi connectivity index (χ2n) is 14.2. The molecule has 3 amide bonds. The van der Waals surface area contributed by atoms with E-state index >= 15 is 0 Å². The number of aromatic amines is 1. The van der Waals surface area contributed by atoms with Crippen LogP contribution in [-0.4, -0.2) is 81.0 Å². The molecule has 6 N–H and O–H groups in total. The molecule has 1 aromatic heterocycles. The first-order chi connectivity index (χ1) is 24.7. The molecule has 268 valence electrons. The average Bonchev–Trinajstić information content (AvgIpc) is 3.71. The van der Waals surface area contributed by atoms with Crippen LogP contribution in [0.15, 0.2) is 72.8 Å². The Hall–Kier alpha value is -4.94. The lowest BCUT2D eigenvalue weighted by Gasteiger charge is -2.34. The van der Waals surface area contributed by atoms with E-state index in [1.165, 1.54) is 0 Å². The van der Waals surface area contributed by atoms with Gasteiger partial charge in [-0.05, 0) is 123 Å². The maximum absolute atomic E-state index is 13.8. The number of H-pyrrole nitrogens is 1. The van der Waals surface area contributed by atoms with Gasteiger partial charge in [0.2, 0.25) is 17.6 Å². The summed E-state index contributed by atoms with van der Waals surface area (Å²) in [6.07, 6.45) is 5.52. The third kappa shape index (κ3) is 9.44. The summed E-state index contributed by atoms with van der Waals surface area (Å²) in [7, 11) is 0. The molecule has 2 fully saturated rings. The normalized spacial score (nSPS) is 19.0. The van der Waals surface area contributed by atoms with Crippen molar-refractivity contribution in [1.29, 1.82) is 0 Å². The molecule has 0 radical (unpaired) electrons. The second-order valence-corrected chi connectivity index (χ2v) is 14.2. The van der Waals surface area contributed by atoms with Crippen molar-refractivity contribution in [3.05, 3.63) is 83.9 Å². The van der Waals surface area contributed by atoms with Crippen molar-refractivity contribution in [1.82, 2.24) is 36.2 Å². The number of anilines is 1. The molecule has 2 aliphatic rings. The molecule has 1 saturated heterocycles. The van der Waals surface area contributed by atoms with Gasteiger partial charge in [0.1, 0.15) is 6.04 Å². The Morgan fingerprint density at radius 3 is 2.25 bits per heavy atom. The number of likely N-dealkylation sites (tertiary alicyclic amines) is 1. The molecule has 1 aliphatic heterocycles. The number of tetrazole rings is 1. The molecular formula is C39H49N9O3. The molecule has 12 nitrogen and oxygen atoms in total. The number of hydrogen-bond acceptors (Lipinski definition) is 8. The summed E-state index contributed by atoms with van der Waals surface area (Å²) in [5.74, 6) is 0.258. The standard InChI is InChI=1S/C39H49N9O3/c1-25(2)48-19-17-34(18-20-48)41-38(50)32-8-4-7-31(23-32)30-6-3-5-27(21-30)22-35(43-37(49)29-11-9-26(24-40)10-12-29)39(51)42-33-15-13-28(14-16-33)36-44-46-47-45-36/h3-8,13-16,21,23,25-26,29,34-35H,9-12,17-20,22,24,40H2,1-2H3,(H,41,50)(H,42,51)(H,43,49)(H,44,45,46,47)/t26?,29?,35-/m0/s1. The molecule has 0 unspecified atom stereocenters. The van der Waals surface area contributed by atoms with E-state index in [4.69, 9.17) is 5.73 Å². The van der Waals surface area contributed by atoms with Gasteiger partial charge in [0.25, 0.3) is 5.91 Å². The van der Waals surface area contributed by atoms with Crippen LogP contribution in [0.2, 0.25) is 0 Å². The zero-order valence-corrected chi connectivity index (χ0v) is 29.5. The molecule has 1 atom stereocenters. The highest BCUT2D eigenvalue weighted by Gasteiger charge is 2.30. The van der Waals surface area contributed by atoms with E-state index in [-0.39, 0.29) is 29.7 Å². The fourth-order valence-corrected chi connectivity index (χ4v) is 7.16. The van der Waals surface area contributed by atoms with Crippen molar-refractivity contribution >= 4 is 23.4 Å². The highest BCUT2D eigenvalue weighted by atomic mass is 16.2. The number of hydrogen-bond donors (Lipinski definition) is 5. The van der Waals surface area contributed by atoms with E-state index in [2.05, 4.69) is 55.3 Å². The third-order valence-corrected chi connectivity index (χ3v) is 10.4. The number of nitrogens with zero attached hydrogens (tertiary/aromatic N) is 4. The van der Waals surface area contributed by atoms with E-state index < -0.39 is 6.04 Å². The first-order valence-corrected chi connectivity index (χ1v) is 18.1. The number of aromatic nitrogens is 4. The minimum Gasteiger partial charge on any atom is -0.349 e. The fraction of sp³-hybridized carbons (Fsp3) is 0.436. The number of nitrogens with one attached hydrogen (secondary N) is 4. The van der Waals surface area contributed by atoms with Gasteiger partial charge in [-0.25, -0.2) is 0 Å². The molecule has 4 aromatic rings. The number of piperidine rings is 1. The summed E-state index contributed by atoms with van der Waals surface area (Å²) >= 11 is 0. The Labute approximate surface area is 299 Å². The van der Waals surface area contributed by atoms with Gasteiger partial charge in [-0.1, -0.05) is 36.4 Å². The Morgan fingerprint density at radius 2 is 1.59 bits per heavy atom. The van der Waals surface area contributed by atoms with E-state index in [1.54, 1.807) is 24.3 Å². The fourth-order valence-electron chi connectivity index (χ4n) is 7.16. The highest BCUT2D eigenvalue weighted by molar-refractivity contribution is 5.98. The van der Waals surface area contributed by atoms with Crippen LogP contribution >= 0.6 is 0 Å². The lowest BCUT2D eigenvalue weighted by Crippen LogP contribution is -2.48. The lowest BCUT2D eigenvalue weighted by molar-refractivity contribution is -0.130. The summed E-state index contributed by atoms with van der Waals surface area (Å²) in [5.41, 5.74) is 10.6. The van der Waals surface area contributed by atoms with E-state index in [1.807, 2.05) is 48.5 Å². The van der Waals surface area contributed by atoms with Gasteiger partial charge >= 0.3 is 0 Å². The van der Waals surface area contributed by atoms with Crippen LogP contribution in [0.5, 0.6) is 0 Å². The van der Waals surface area contributed by atoms with Gasteiger partial charge in [0.05, 0.1) is 0 Å². The van der Waals surface area contributed by atoms with Gasteiger partial charge in [-0.15, -0.1) is 10.2 Å². The van der Waals surface area contributed by atoms with Crippen molar-refractivity contribution in [2.24, 2.45) is 17.6 Å². The molecule has 3 aromatic carbocycles. The smallest absolute Gasteiger partial charge is 0.251 e. The molecule has 1 aliphatic carbocycles. The molecule has 1 saturated carbocycles. The van der Waals surface area contributed by atoms with Crippen molar-refractivity contribution in [3.63, 3.8) is 0 Å². The Morgan fingerprint density at radius 1 is 0.882 bits per heavy atom. The Balaban J connectivity index is 1.15. The van der Waals surface area contributed by atoms with E-state index in [0.717, 1.165) is 73.9 Å². The van der Waals surface area contributed by atoms with Crippen molar-refractivity contribution in [2.45, 2.75) is 76.9 Å². The van der Waals surface area contributed by atoms with Crippen molar-refractivity contribution in [2.75, 3.05) is 25.0 Å². The minimum absolute atomic E-state index is 0.0683. The minimum atomic E-state index is -0.809. The van der Waals surface area contributed by atoms with Crippen LogP contribution in [-0.2, 0) is 16.0 Å². The predicted molar refractivity (Wildman–Crippen MR) is 197 cm³/mol. The first kappa shape index (κ1) is 35.9. The van der Waals surface area contributed by atoms with Crippen LogP contribution in [0.4, 0.5) is 5.69 Å². The van der Waals surface area contributed by atoms with Crippen LogP contribution in [0, 0.1) is 11.8 Å². The molecule has 2 heterocycles. The summed E-state index contributed by atoms with van der Waals surface area (Å²) in [6, 6.07) is 22.6. The van der Waals surface area contributed by atoms with Crippen molar-refractivity contribution < 1.29 is 14.4 Å². The summed E-state index contributed by atoms with van der Waals surface area (Å²) in [4.78, 5) is 43.0. The molecule has 51 heavy (non-hydrogen) atoms. The van der Waals surface area contributed by atoms with Crippen LogP contribution in [0.25, 0.3) is 22.5 Å². The van der Waals surface area contributed by atoms with Crippen molar-refractivity contribution in [3.8, 4) is 22.5 Å². The quantitative estimate of drug-likeness (QED) is 0.144. The SMILES string of the molecule is CC(C)N1CCC(NC(=O)c2cccc(-c3cccc(C[C@H](NC(=O)C4CCC(CN)CC4)C(=O)Nc4ccc(-c5nn[nH]n5)cc4)c3)c2)CC1. The number of carbonyl (C=O) groups is 3. The Kier molecular flexibility index (Phi) is 11.8. The molecule has 0 spiro atoms. The number of carbonyl (C=O) groups excluding carboxylic acids is 3. The largest absolute Gasteiger partial charge is 0.349 e. The van der Waals surface area contributed by atoms with Gasteiger partial charge in [-0.3, -0.25) is 14.4 Å². The topological polar surface area (TPSA) is 171 Å². The summed E-state index contributed by atoms with van der Waals surface area (Å²) < 4.78 is 0. The van der Waals surface area contributed by atoms with Crippen LogP contribution in [0.3, 0.4) is 0 Å². The van der Waals surface area contributed by atoms with Gasteiger partial charge in [0, 0.05) is 54.3 Å². The van der Waals surface area contributed by atoms with Gasteiger partial charge in [0.15, 0.2) is 0 Å².